The molecule has 0 radical (unpaired) electrons. The van der Waals surface area contributed by atoms with Crippen molar-refractivity contribution in [1.29, 1.82) is 0 Å². The molecule has 1 unspecified atom stereocenters. The second-order valence-corrected chi connectivity index (χ2v) is 4.85. The van der Waals surface area contributed by atoms with E-state index in [1.54, 1.807) is 0 Å². The van der Waals surface area contributed by atoms with Crippen LogP contribution in [0.15, 0.2) is 0 Å². The van der Waals surface area contributed by atoms with Crippen LogP contribution in [0.25, 0.3) is 0 Å². The number of aliphatic carboxylic acids is 1. The van der Waals surface area contributed by atoms with Crippen LogP contribution < -0.4 is 10.6 Å². The SMILES string of the molecule is CCCC(NCC(=O)NC(C)(C)CC)C(=O)O. The first-order valence-electron chi connectivity index (χ1n) is 6.09. The van der Waals surface area contributed by atoms with E-state index in [1.165, 1.54) is 0 Å². The number of carbonyl (C=O) groups excluding carboxylic acids is 1. The zero-order chi connectivity index (χ0) is 13.5. The van der Waals surface area contributed by atoms with Crippen molar-refractivity contribution in [3.05, 3.63) is 0 Å². The van der Waals surface area contributed by atoms with Gasteiger partial charge in [-0.05, 0) is 26.7 Å². The fraction of sp³-hybridized carbons (Fsp3) is 0.833. The Labute approximate surface area is 103 Å². The van der Waals surface area contributed by atoms with Gasteiger partial charge in [0.15, 0.2) is 0 Å². The van der Waals surface area contributed by atoms with Gasteiger partial charge in [-0.15, -0.1) is 0 Å². The first-order chi connectivity index (χ1) is 7.82. The largest absolute Gasteiger partial charge is 0.480 e. The Morgan fingerprint density at radius 3 is 2.29 bits per heavy atom. The maximum absolute atomic E-state index is 11.6. The normalized spacial score (nSPS) is 13.2. The minimum Gasteiger partial charge on any atom is -0.480 e. The lowest BCUT2D eigenvalue weighted by Crippen LogP contribution is -2.49. The van der Waals surface area contributed by atoms with E-state index in [-0.39, 0.29) is 18.0 Å². The molecule has 5 heteroatoms. The third-order valence-corrected chi connectivity index (χ3v) is 2.75. The molecular weight excluding hydrogens is 220 g/mol. The number of hydrogen-bond acceptors (Lipinski definition) is 3. The molecule has 0 aromatic carbocycles. The molecule has 1 amide bonds. The van der Waals surface area contributed by atoms with Gasteiger partial charge in [-0.1, -0.05) is 20.3 Å². The van der Waals surface area contributed by atoms with E-state index < -0.39 is 12.0 Å². The van der Waals surface area contributed by atoms with Gasteiger partial charge >= 0.3 is 5.97 Å². The fourth-order valence-electron chi connectivity index (χ4n) is 1.33. The number of amides is 1. The van der Waals surface area contributed by atoms with Crippen LogP contribution in [0.5, 0.6) is 0 Å². The van der Waals surface area contributed by atoms with Gasteiger partial charge in [0.2, 0.25) is 5.91 Å². The Bertz CT molecular complexity index is 264. The predicted octanol–water partition coefficient (Wildman–Crippen LogP) is 1.13. The van der Waals surface area contributed by atoms with Gasteiger partial charge in [0, 0.05) is 5.54 Å². The molecule has 3 N–H and O–H groups in total. The zero-order valence-electron chi connectivity index (χ0n) is 11.2. The topological polar surface area (TPSA) is 78.4 Å². The Morgan fingerprint density at radius 2 is 1.88 bits per heavy atom. The maximum atomic E-state index is 11.6. The van der Waals surface area contributed by atoms with E-state index in [2.05, 4.69) is 10.6 Å². The van der Waals surface area contributed by atoms with Crippen molar-refractivity contribution in [3.63, 3.8) is 0 Å². The van der Waals surface area contributed by atoms with Crippen molar-refractivity contribution >= 4 is 11.9 Å². The summed E-state index contributed by atoms with van der Waals surface area (Å²) < 4.78 is 0. The lowest BCUT2D eigenvalue weighted by atomic mass is 10.0. The number of carboxylic acid groups (broad SMARTS) is 1. The van der Waals surface area contributed by atoms with Gasteiger partial charge in [0.25, 0.3) is 0 Å². The summed E-state index contributed by atoms with van der Waals surface area (Å²) in [5.74, 6) is -1.08. The molecule has 0 saturated carbocycles. The molecule has 17 heavy (non-hydrogen) atoms. The van der Waals surface area contributed by atoms with Crippen molar-refractivity contribution in [1.82, 2.24) is 10.6 Å². The summed E-state index contributed by atoms with van der Waals surface area (Å²) in [6, 6.07) is -0.643. The monoisotopic (exact) mass is 244 g/mol. The van der Waals surface area contributed by atoms with Crippen LogP contribution in [0, 0.1) is 0 Å². The Balaban J connectivity index is 4.09. The van der Waals surface area contributed by atoms with Gasteiger partial charge in [-0.3, -0.25) is 14.9 Å². The van der Waals surface area contributed by atoms with Crippen LogP contribution in [0.1, 0.15) is 47.0 Å². The maximum Gasteiger partial charge on any atom is 0.320 e. The highest BCUT2D eigenvalue weighted by Gasteiger charge is 2.20. The van der Waals surface area contributed by atoms with Gasteiger partial charge in [0.1, 0.15) is 6.04 Å². The van der Waals surface area contributed by atoms with Crippen molar-refractivity contribution in [2.45, 2.75) is 58.5 Å². The third kappa shape index (κ3) is 6.94. The summed E-state index contributed by atoms with van der Waals surface area (Å²) in [6.45, 7) is 7.82. The molecule has 0 aromatic heterocycles. The highest BCUT2D eigenvalue weighted by molar-refractivity contribution is 5.80. The second kappa shape index (κ2) is 7.27. The van der Waals surface area contributed by atoms with E-state index in [1.807, 2.05) is 27.7 Å². The molecular formula is C12H24N2O3. The van der Waals surface area contributed by atoms with Crippen LogP contribution >= 0.6 is 0 Å². The summed E-state index contributed by atoms with van der Waals surface area (Å²) in [6.07, 6.45) is 2.13. The van der Waals surface area contributed by atoms with E-state index in [0.717, 1.165) is 12.8 Å². The molecule has 0 aromatic rings. The van der Waals surface area contributed by atoms with E-state index in [0.29, 0.717) is 6.42 Å². The van der Waals surface area contributed by atoms with E-state index in [9.17, 15) is 9.59 Å². The smallest absolute Gasteiger partial charge is 0.320 e. The van der Waals surface area contributed by atoms with Crippen LogP contribution in [0.4, 0.5) is 0 Å². The predicted molar refractivity (Wildman–Crippen MR) is 66.8 cm³/mol. The number of carboxylic acids is 1. The first-order valence-corrected chi connectivity index (χ1v) is 6.09. The molecule has 1 atom stereocenters. The molecule has 0 aliphatic carbocycles. The number of rotatable bonds is 8. The van der Waals surface area contributed by atoms with Gasteiger partial charge in [-0.25, -0.2) is 0 Å². The second-order valence-electron chi connectivity index (χ2n) is 4.85. The first kappa shape index (κ1) is 15.9. The number of nitrogens with one attached hydrogen (secondary N) is 2. The molecule has 0 heterocycles. The molecule has 5 nitrogen and oxygen atoms in total. The summed E-state index contributed by atoms with van der Waals surface area (Å²) in [5.41, 5.74) is -0.248. The van der Waals surface area contributed by atoms with Crippen LogP contribution in [-0.2, 0) is 9.59 Å². The van der Waals surface area contributed by atoms with Gasteiger partial charge in [-0.2, -0.15) is 0 Å². The fourth-order valence-corrected chi connectivity index (χ4v) is 1.33. The average molecular weight is 244 g/mol. The lowest BCUT2D eigenvalue weighted by molar-refractivity contribution is -0.139. The van der Waals surface area contributed by atoms with E-state index >= 15 is 0 Å². The van der Waals surface area contributed by atoms with Gasteiger partial charge in [0.05, 0.1) is 6.54 Å². The summed E-state index contributed by atoms with van der Waals surface area (Å²) in [4.78, 5) is 22.4. The van der Waals surface area contributed by atoms with Gasteiger partial charge < -0.3 is 10.4 Å². The molecule has 0 rings (SSSR count). The van der Waals surface area contributed by atoms with Crippen molar-refractivity contribution < 1.29 is 14.7 Å². The number of carbonyl (C=O) groups is 2. The number of hydrogen-bond donors (Lipinski definition) is 3. The Hall–Kier alpha value is -1.10. The van der Waals surface area contributed by atoms with Crippen molar-refractivity contribution in [2.24, 2.45) is 0 Å². The quantitative estimate of drug-likeness (QED) is 0.598. The molecule has 0 aliphatic rings. The van der Waals surface area contributed by atoms with Crippen LogP contribution in [0.3, 0.4) is 0 Å². The third-order valence-electron chi connectivity index (χ3n) is 2.75. The van der Waals surface area contributed by atoms with E-state index in [4.69, 9.17) is 5.11 Å². The average Bonchev–Trinajstić information content (AvgIpc) is 2.23. The molecule has 0 bridgehead atoms. The van der Waals surface area contributed by atoms with Crippen LogP contribution in [-0.4, -0.2) is 35.1 Å². The minimum atomic E-state index is -0.908. The summed E-state index contributed by atoms with van der Waals surface area (Å²) in [5, 5.41) is 14.5. The molecule has 0 saturated heterocycles. The summed E-state index contributed by atoms with van der Waals surface area (Å²) in [7, 11) is 0. The molecule has 100 valence electrons. The Morgan fingerprint density at radius 1 is 1.29 bits per heavy atom. The minimum absolute atomic E-state index is 0.0421. The summed E-state index contributed by atoms with van der Waals surface area (Å²) >= 11 is 0. The molecule has 0 fully saturated rings. The van der Waals surface area contributed by atoms with Crippen LogP contribution in [0.2, 0.25) is 0 Å². The van der Waals surface area contributed by atoms with Crippen molar-refractivity contribution in [3.8, 4) is 0 Å². The highest BCUT2D eigenvalue weighted by Crippen LogP contribution is 2.06. The highest BCUT2D eigenvalue weighted by atomic mass is 16.4. The Kier molecular flexibility index (Phi) is 6.80. The lowest BCUT2D eigenvalue weighted by Gasteiger charge is -2.25. The standard InChI is InChI=1S/C12H24N2O3/c1-5-7-9(11(16)17)13-8-10(15)14-12(3,4)6-2/h9,13H,5-8H2,1-4H3,(H,14,15)(H,16,17). The molecule has 0 aliphatic heterocycles. The van der Waals surface area contributed by atoms with Crippen molar-refractivity contribution in [2.75, 3.05) is 6.54 Å². The zero-order valence-corrected chi connectivity index (χ0v) is 11.2. The molecule has 0 spiro atoms.